The predicted octanol–water partition coefficient (Wildman–Crippen LogP) is 5.35. The van der Waals surface area contributed by atoms with Crippen molar-refractivity contribution in [3.8, 4) is 5.75 Å². The smallest absolute Gasteiger partial charge is 0.261 e. The predicted molar refractivity (Wildman–Crippen MR) is 128 cm³/mol. The van der Waals surface area contributed by atoms with Crippen molar-refractivity contribution < 1.29 is 14.3 Å². The van der Waals surface area contributed by atoms with E-state index >= 15 is 0 Å². The zero-order valence-electron chi connectivity index (χ0n) is 17.4. The molecule has 8 heteroatoms. The van der Waals surface area contributed by atoms with Crippen LogP contribution < -0.4 is 20.7 Å². The van der Waals surface area contributed by atoms with Crippen molar-refractivity contribution in [2.75, 3.05) is 10.6 Å². The van der Waals surface area contributed by atoms with E-state index in [0.717, 1.165) is 4.47 Å². The number of carbonyl (C=O) groups excluding carboxylic acids is 2. The van der Waals surface area contributed by atoms with Crippen LogP contribution in [0.3, 0.4) is 0 Å². The first-order chi connectivity index (χ1) is 14.1. The number of hydrogen-bond donors (Lipinski definition) is 3. The molecule has 0 aliphatic carbocycles. The van der Waals surface area contributed by atoms with Crippen LogP contribution >= 0.6 is 28.1 Å². The third kappa shape index (κ3) is 7.76. The third-order valence-corrected chi connectivity index (χ3v) is 4.49. The minimum Gasteiger partial charge on any atom is -0.490 e. The highest BCUT2D eigenvalue weighted by Gasteiger charge is 2.16. The molecule has 0 fully saturated rings. The van der Waals surface area contributed by atoms with E-state index in [4.69, 9.17) is 17.0 Å². The molecule has 0 saturated heterocycles. The van der Waals surface area contributed by atoms with Crippen LogP contribution in [0.15, 0.2) is 46.9 Å². The second-order valence-corrected chi connectivity index (χ2v) is 8.76. The van der Waals surface area contributed by atoms with Crippen molar-refractivity contribution in [1.29, 1.82) is 0 Å². The van der Waals surface area contributed by atoms with Gasteiger partial charge in [-0.15, -0.1) is 0 Å². The molecular weight excluding hydrogens is 466 g/mol. The number of amides is 2. The summed E-state index contributed by atoms with van der Waals surface area (Å²) in [6.45, 7) is 7.78. The topological polar surface area (TPSA) is 79.5 Å². The maximum absolute atomic E-state index is 12.7. The van der Waals surface area contributed by atoms with Gasteiger partial charge in [0, 0.05) is 22.3 Å². The van der Waals surface area contributed by atoms with E-state index in [9.17, 15) is 9.59 Å². The van der Waals surface area contributed by atoms with E-state index in [1.165, 1.54) is 0 Å². The van der Waals surface area contributed by atoms with Gasteiger partial charge in [0.1, 0.15) is 5.75 Å². The minimum atomic E-state index is -0.373. The van der Waals surface area contributed by atoms with Gasteiger partial charge in [-0.25, -0.2) is 0 Å². The number of rotatable bonds is 7. The van der Waals surface area contributed by atoms with Gasteiger partial charge in [-0.1, -0.05) is 29.8 Å². The normalized spacial score (nSPS) is 10.6. The fourth-order valence-electron chi connectivity index (χ4n) is 2.59. The van der Waals surface area contributed by atoms with Gasteiger partial charge in [0.15, 0.2) is 5.11 Å². The van der Waals surface area contributed by atoms with Gasteiger partial charge in [0.05, 0.1) is 11.7 Å². The molecule has 0 unspecified atom stereocenters. The monoisotopic (exact) mass is 491 g/mol. The summed E-state index contributed by atoms with van der Waals surface area (Å²) in [5.41, 5.74) is 1.77. The Balaban J connectivity index is 1.98. The van der Waals surface area contributed by atoms with Crippen LogP contribution in [0.2, 0.25) is 0 Å². The van der Waals surface area contributed by atoms with E-state index in [0.29, 0.717) is 35.0 Å². The first kappa shape index (κ1) is 23.8. The summed E-state index contributed by atoms with van der Waals surface area (Å²) in [7, 11) is 0. The molecule has 2 rings (SSSR count). The Morgan fingerprint density at radius 3 is 2.17 bits per heavy atom. The molecule has 0 aliphatic rings. The summed E-state index contributed by atoms with van der Waals surface area (Å²) in [5.74, 6) is 0.377. The molecule has 3 N–H and O–H groups in total. The summed E-state index contributed by atoms with van der Waals surface area (Å²) in [5, 5.41) is 8.64. The van der Waals surface area contributed by atoms with Crippen LogP contribution in [-0.2, 0) is 4.79 Å². The van der Waals surface area contributed by atoms with Gasteiger partial charge in [0.25, 0.3) is 5.91 Å². The Bertz CT molecular complexity index is 914. The highest BCUT2D eigenvalue weighted by atomic mass is 79.9. The molecule has 0 atom stereocenters. The van der Waals surface area contributed by atoms with E-state index in [1.54, 1.807) is 36.4 Å². The van der Waals surface area contributed by atoms with Gasteiger partial charge < -0.3 is 15.4 Å². The average molecular weight is 492 g/mol. The van der Waals surface area contributed by atoms with Crippen LogP contribution in [0, 0.1) is 5.92 Å². The van der Waals surface area contributed by atoms with Crippen LogP contribution in [0.1, 0.15) is 44.5 Å². The molecule has 2 aromatic carbocycles. The van der Waals surface area contributed by atoms with Crippen molar-refractivity contribution in [3.63, 3.8) is 0 Å². The Kier molecular flexibility index (Phi) is 8.80. The van der Waals surface area contributed by atoms with Gasteiger partial charge in [-0.05, 0) is 74.4 Å². The van der Waals surface area contributed by atoms with Crippen LogP contribution in [0.5, 0.6) is 5.75 Å². The highest BCUT2D eigenvalue weighted by molar-refractivity contribution is 9.10. The molecule has 30 heavy (non-hydrogen) atoms. The second-order valence-electron chi connectivity index (χ2n) is 7.44. The van der Waals surface area contributed by atoms with E-state index in [1.807, 2.05) is 33.8 Å². The van der Waals surface area contributed by atoms with Gasteiger partial charge in [0.2, 0.25) is 5.91 Å². The number of benzene rings is 2. The molecule has 0 aromatic heterocycles. The number of thiocarbonyl (C=S) groups is 1. The number of halogens is 1. The van der Waals surface area contributed by atoms with Crippen LogP contribution in [0.4, 0.5) is 11.4 Å². The van der Waals surface area contributed by atoms with Crippen molar-refractivity contribution >= 4 is 56.4 Å². The fourth-order valence-corrected chi connectivity index (χ4v) is 3.16. The summed E-state index contributed by atoms with van der Waals surface area (Å²) < 4.78 is 6.47. The lowest BCUT2D eigenvalue weighted by Gasteiger charge is -2.15. The number of nitrogens with one attached hydrogen (secondary N) is 3. The van der Waals surface area contributed by atoms with Crippen molar-refractivity contribution in [3.05, 3.63) is 52.5 Å². The lowest BCUT2D eigenvalue weighted by Crippen LogP contribution is -2.34. The van der Waals surface area contributed by atoms with E-state index in [2.05, 4.69) is 31.9 Å². The minimum absolute atomic E-state index is 0.0260. The first-order valence-corrected chi connectivity index (χ1v) is 10.8. The maximum atomic E-state index is 12.7. The summed E-state index contributed by atoms with van der Waals surface area (Å²) in [4.78, 5) is 24.5. The molecule has 160 valence electrons. The second kappa shape index (κ2) is 11.1. The number of hydrogen-bond acceptors (Lipinski definition) is 4. The Morgan fingerprint density at radius 1 is 1.00 bits per heavy atom. The molecule has 2 amide bonds. The lowest BCUT2D eigenvalue weighted by atomic mass is 10.1. The highest BCUT2D eigenvalue weighted by Crippen LogP contribution is 2.24. The summed E-state index contributed by atoms with van der Waals surface area (Å²) >= 11 is 8.63. The van der Waals surface area contributed by atoms with Crippen molar-refractivity contribution in [2.24, 2.45) is 5.92 Å². The Hall–Kier alpha value is -2.45. The SMILES string of the molecule is CC(C)CC(=O)Nc1ccc(NC(=S)NC(=O)c2cc(Br)ccc2OC(C)C)cc1. The maximum Gasteiger partial charge on any atom is 0.261 e. The van der Waals surface area contributed by atoms with Crippen LogP contribution in [-0.4, -0.2) is 23.0 Å². The molecule has 0 saturated carbocycles. The van der Waals surface area contributed by atoms with E-state index < -0.39 is 0 Å². The van der Waals surface area contributed by atoms with Gasteiger partial charge in [-0.2, -0.15) is 0 Å². The van der Waals surface area contributed by atoms with Gasteiger partial charge >= 0.3 is 0 Å². The first-order valence-electron chi connectivity index (χ1n) is 9.62. The quantitative estimate of drug-likeness (QED) is 0.455. The fraction of sp³-hybridized carbons (Fsp3) is 0.318. The van der Waals surface area contributed by atoms with Crippen molar-refractivity contribution in [2.45, 2.75) is 40.2 Å². The molecule has 0 radical (unpaired) electrons. The summed E-state index contributed by atoms with van der Waals surface area (Å²) in [6.07, 6.45) is 0.399. The van der Waals surface area contributed by atoms with Crippen LogP contribution in [0.25, 0.3) is 0 Å². The number of carbonyl (C=O) groups is 2. The molecule has 2 aromatic rings. The molecule has 6 nitrogen and oxygen atoms in total. The summed E-state index contributed by atoms with van der Waals surface area (Å²) in [6, 6.07) is 12.3. The zero-order chi connectivity index (χ0) is 22.3. The third-order valence-electron chi connectivity index (χ3n) is 3.80. The standard InChI is InChI=1S/C22H26BrN3O3S/c1-13(2)11-20(27)24-16-6-8-17(9-7-16)25-22(30)26-21(28)18-12-15(23)5-10-19(18)29-14(3)4/h5-10,12-14H,11H2,1-4H3,(H,24,27)(H2,25,26,28,30). The Labute approximate surface area is 190 Å². The number of anilines is 2. The number of ether oxygens (including phenoxy) is 1. The molecular formula is C22H26BrN3O3S. The molecule has 0 heterocycles. The van der Waals surface area contributed by atoms with Gasteiger partial charge in [-0.3, -0.25) is 14.9 Å². The van der Waals surface area contributed by atoms with E-state index in [-0.39, 0.29) is 23.0 Å². The Morgan fingerprint density at radius 2 is 1.60 bits per heavy atom. The average Bonchev–Trinajstić information content (AvgIpc) is 2.63. The molecule has 0 aliphatic heterocycles. The largest absolute Gasteiger partial charge is 0.490 e. The molecule has 0 spiro atoms. The zero-order valence-corrected chi connectivity index (χ0v) is 19.8. The van der Waals surface area contributed by atoms with Crippen molar-refractivity contribution in [1.82, 2.24) is 5.32 Å². The molecule has 0 bridgehead atoms. The lowest BCUT2D eigenvalue weighted by molar-refractivity contribution is -0.116.